The first-order valence-corrected chi connectivity index (χ1v) is 15.0. The lowest BCUT2D eigenvalue weighted by Crippen LogP contribution is -2.46. The van der Waals surface area contributed by atoms with Gasteiger partial charge in [-0.05, 0) is 79.1 Å². The Morgan fingerprint density at radius 2 is 1.59 bits per heavy atom. The molecule has 1 heterocycles. The molecule has 0 aromatic rings. The van der Waals surface area contributed by atoms with Crippen LogP contribution in [0.5, 0.6) is 0 Å². The second-order valence-electron chi connectivity index (χ2n) is 12.6. The fourth-order valence-electron chi connectivity index (χ4n) is 5.74. The van der Waals surface area contributed by atoms with Crippen LogP contribution in [0.15, 0.2) is 0 Å². The number of ether oxygens (including phenoxy) is 3. The summed E-state index contributed by atoms with van der Waals surface area (Å²) < 4.78 is 16.8. The quantitative estimate of drug-likeness (QED) is 0.160. The number of amides is 1. The number of rotatable bonds is 16. The molecule has 39 heavy (non-hydrogen) atoms. The van der Waals surface area contributed by atoms with Crippen LogP contribution < -0.4 is 0 Å². The van der Waals surface area contributed by atoms with Crippen LogP contribution in [0, 0.1) is 22.2 Å². The third-order valence-corrected chi connectivity index (χ3v) is 8.44. The summed E-state index contributed by atoms with van der Waals surface area (Å²) in [6.45, 7) is 15.8. The zero-order chi connectivity index (χ0) is 29.9. The molecule has 1 rings (SSSR count). The van der Waals surface area contributed by atoms with Gasteiger partial charge in [-0.2, -0.15) is 0 Å². The van der Waals surface area contributed by atoms with Crippen molar-refractivity contribution in [2.75, 3.05) is 20.3 Å². The Bertz CT molecular complexity index is 826. The Kier molecular flexibility index (Phi) is 14.0. The molecule has 1 aliphatic heterocycles. The standard InChI is InChI=1S/C31H55NO7/c1-10-13-17-24(11-2)20-38-28(36)30(7,12-3)22-31(8,27(35)37-9)21-29(5,6)26(34)39-23(4)32-19-16-14-15-18-25(32)33/h23-24H,10-22H2,1-9H3. The summed E-state index contributed by atoms with van der Waals surface area (Å²) in [6, 6.07) is 0. The van der Waals surface area contributed by atoms with Gasteiger partial charge in [-0.1, -0.05) is 46.5 Å². The maximum Gasteiger partial charge on any atom is 0.313 e. The molecule has 0 aromatic carbocycles. The highest BCUT2D eigenvalue weighted by molar-refractivity contribution is 5.83. The van der Waals surface area contributed by atoms with E-state index in [1.165, 1.54) is 7.11 Å². The molecule has 0 bridgehead atoms. The van der Waals surface area contributed by atoms with Gasteiger partial charge in [0.05, 0.1) is 30.0 Å². The molecule has 0 saturated carbocycles. The zero-order valence-electron chi connectivity index (χ0n) is 26.2. The smallest absolute Gasteiger partial charge is 0.313 e. The molecular formula is C31H55NO7. The van der Waals surface area contributed by atoms with Crippen molar-refractivity contribution in [3.63, 3.8) is 0 Å². The minimum Gasteiger partial charge on any atom is -0.469 e. The molecule has 8 nitrogen and oxygen atoms in total. The van der Waals surface area contributed by atoms with E-state index in [-0.39, 0.29) is 24.7 Å². The van der Waals surface area contributed by atoms with Gasteiger partial charge in [-0.3, -0.25) is 19.2 Å². The number of carbonyl (C=O) groups excluding carboxylic acids is 4. The van der Waals surface area contributed by atoms with E-state index in [0.717, 1.165) is 44.9 Å². The molecule has 1 fully saturated rings. The van der Waals surface area contributed by atoms with E-state index in [2.05, 4.69) is 13.8 Å². The minimum absolute atomic E-state index is 0.0118. The molecule has 4 atom stereocenters. The normalized spacial score (nSPS) is 19.2. The van der Waals surface area contributed by atoms with Crippen molar-refractivity contribution in [2.45, 2.75) is 132 Å². The van der Waals surface area contributed by atoms with E-state index in [4.69, 9.17) is 14.2 Å². The van der Waals surface area contributed by atoms with Gasteiger partial charge in [0.25, 0.3) is 0 Å². The molecular weight excluding hydrogens is 498 g/mol. The summed E-state index contributed by atoms with van der Waals surface area (Å²) in [7, 11) is 1.32. The molecule has 8 heteroatoms. The zero-order valence-corrected chi connectivity index (χ0v) is 26.2. The number of carbonyl (C=O) groups is 4. The van der Waals surface area contributed by atoms with Gasteiger partial charge < -0.3 is 19.1 Å². The molecule has 0 radical (unpaired) electrons. The molecule has 0 aromatic heterocycles. The largest absolute Gasteiger partial charge is 0.469 e. The molecule has 0 aliphatic carbocycles. The number of hydrogen-bond donors (Lipinski definition) is 0. The van der Waals surface area contributed by atoms with Gasteiger partial charge in [0, 0.05) is 13.0 Å². The summed E-state index contributed by atoms with van der Waals surface area (Å²) in [5.74, 6) is -1.01. The summed E-state index contributed by atoms with van der Waals surface area (Å²) in [5.41, 5.74) is -3.15. The highest BCUT2D eigenvalue weighted by Gasteiger charge is 2.50. The van der Waals surface area contributed by atoms with Crippen LogP contribution >= 0.6 is 0 Å². The maximum absolute atomic E-state index is 13.4. The number of hydrogen-bond acceptors (Lipinski definition) is 7. The highest BCUT2D eigenvalue weighted by atomic mass is 16.6. The molecule has 1 aliphatic rings. The van der Waals surface area contributed by atoms with Crippen molar-refractivity contribution in [1.29, 1.82) is 0 Å². The van der Waals surface area contributed by atoms with Gasteiger partial charge in [0.2, 0.25) is 5.91 Å². The fraction of sp³-hybridized carbons (Fsp3) is 0.871. The Hall–Kier alpha value is -2.12. The van der Waals surface area contributed by atoms with Crippen LogP contribution in [-0.4, -0.2) is 55.2 Å². The van der Waals surface area contributed by atoms with Crippen molar-refractivity contribution >= 4 is 23.8 Å². The number of likely N-dealkylation sites (tertiary alicyclic amines) is 1. The van der Waals surface area contributed by atoms with E-state index >= 15 is 0 Å². The Morgan fingerprint density at radius 1 is 0.923 bits per heavy atom. The molecule has 4 unspecified atom stereocenters. The summed E-state index contributed by atoms with van der Waals surface area (Å²) in [5, 5.41) is 0. The fourth-order valence-corrected chi connectivity index (χ4v) is 5.74. The van der Waals surface area contributed by atoms with Crippen LogP contribution in [0.25, 0.3) is 0 Å². The van der Waals surface area contributed by atoms with Gasteiger partial charge in [-0.15, -0.1) is 0 Å². The molecule has 226 valence electrons. The summed E-state index contributed by atoms with van der Waals surface area (Å²) in [6.07, 6.45) is 7.36. The average molecular weight is 554 g/mol. The molecule has 0 spiro atoms. The second kappa shape index (κ2) is 15.6. The van der Waals surface area contributed by atoms with Crippen molar-refractivity contribution < 1.29 is 33.4 Å². The number of nitrogens with zero attached hydrogens (tertiary/aromatic N) is 1. The summed E-state index contributed by atoms with van der Waals surface area (Å²) >= 11 is 0. The Labute approximate surface area is 236 Å². The first-order valence-electron chi connectivity index (χ1n) is 15.0. The van der Waals surface area contributed by atoms with Crippen LogP contribution in [-0.2, 0) is 33.4 Å². The lowest BCUT2D eigenvalue weighted by molar-refractivity contribution is -0.175. The van der Waals surface area contributed by atoms with Crippen molar-refractivity contribution in [3.8, 4) is 0 Å². The monoisotopic (exact) mass is 553 g/mol. The number of methoxy groups -OCH3 is 1. The maximum atomic E-state index is 13.4. The third kappa shape index (κ3) is 10.1. The Balaban J connectivity index is 3.05. The van der Waals surface area contributed by atoms with Crippen LogP contribution in [0.2, 0.25) is 0 Å². The topological polar surface area (TPSA) is 99.2 Å². The van der Waals surface area contributed by atoms with Crippen LogP contribution in [0.3, 0.4) is 0 Å². The van der Waals surface area contributed by atoms with E-state index in [0.29, 0.717) is 31.9 Å². The van der Waals surface area contributed by atoms with Crippen molar-refractivity contribution in [3.05, 3.63) is 0 Å². The first kappa shape index (κ1) is 34.9. The summed E-state index contributed by atoms with van der Waals surface area (Å²) in [4.78, 5) is 54.0. The van der Waals surface area contributed by atoms with Crippen molar-refractivity contribution in [2.24, 2.45) is 22.2 Å². The first-order chi connectivity index (χ1) is 18.2. The van der Waals surface area contributed by atoms with Gasteiger partial charge in [-0.25, -0.2) is 0 Å². The molecule has 1 saturated heterocycles. The van der Waals surface area contributed by atoms with Gasteiger partial charge in [0.15, 0.2) is 6.23 Å². The van der Waals surface area contributed by atoms with Crippen LogP contribution in [0.4, 0.5) is 0 Å². The SMILES string of the molecule is CCCCC(CC)COC(=O)C(C)(CC)CC(C)(CC(C)(C)C(=O)OC(C)N1CCCCCC1=O)C(=O)OC. The lowest BCUT2D eigenvalue weighted by atomic mass is 9.65. The lowest BCUT2D eigenvalue weighted by Gasteiger charge is -2.40. The van der Waals surface area contributed by atoms with Crippen LogP contribution in [0.1, 0.15) is 126 Å². The highest BCUT2D eigenvalue weighted by Crippen LogP contribution is 2.46. The van der Waals surface area contributed by atoms with E-state index in [1.54, 1.807) is 32.6 Å². The Morgan fingerprint density at radius 3 is 2.15 bits per heavy atom. The third-order valence-electron chi connectivity index (χ3n) is 8.44. The second-order valence-corrected chi connectivity index (χ2v) is 12.6. The average Bonchev–Trinajstić information content (AvgIpc) is 3.11. The van der Waals surface area contributed by atoms with E-state index < -0.39 is 34.4 Å². The molecule has 1 amide bonds. The molecule has 0 N–H and O–H groups in total. The number of unbranched alkanes of at least 4 members (excludes halogenated alkanes) is 1. The van der Waals surface area contributed by atoms with E-state index in [1.807, 2.05) is 13.8 Å². The minimum atomic E-state index is -1.14. The van der Waals surface area contributed by atoms with E-state index in [9.17, 15) is 19.2 Å². The van der Waals surface area contributed by atoms with Crippen molar-refractivity contribution in [1.82, 2.24) is 4.90 Å². The predicted octanol–water partition coefficient (Wildman–Crippen LogP) is 6.44. The number of esters is 3. The predicted molar refractivity (Wildman–Crippen MR) is 152 cm³/mol. The van der Waals surface area contributed by atoms with Gasteiger partial charge in [0.1, 0.15) is 0 Å². The van der Waals surface area contributed by atoms with Gasteiger partial charge >= 0.3 is 17.9 Å².